The van der Waals surface area contributed by atoms with Gasteiger partial charge in [0.15, 0.2) is 5.78 Å². The second-order valence-corrected chi connectivity index (χ2v) is 5.17. The molecular weight excluding hydrogens is 208 g/mol. The summed E-state index contributed by atoms with van der Waals surface area (Å²) >= 11 is 0. The van der Waals surface area contributed by atoms with Crippen LogP contribution < -0.4 is 0 Å². The first-order valence-electron chi connectivity index (χ1n) is 6.42. The second kappa shape index (κ2) is 8.98. The molecule has 0 spiro atoms. The summed E-state index contributed by atoms with van der Waals surface area (Å²) in [6.45, 7) is 10.4. The molecule has 1 nitrogen and oxygen atoms in total. The van der Waals surface area contributed by atoms with Crippen LogP contribution in [0.1, 0.15) is 53.9 Å². The van der Waals surface area contributed by atoms with Crippen LogP contribution in [0.3, 0.4) is 0 Å². The van der Waals surface area contributed by atoms with Gasteiger partial charge in [0.05, 0.1) is 0 Å². The van der Waals surface area contributed by atoms with Crippen LogP contribution in [-0.2, 0) is 4.79 Å². The molecule has 0 atom stereocenters. The molecule has 1 heteroatoms. The van der Waals surface area contributed by atoms with Crippen LogP contribution in [0.4, 0.5) is 0 Å². The van der Waals surface area contributed by atoms with Crippen LogP contribution in [0, 0.1) is 5.92 Å². The van der Waals surface area contributed by atoms with Gasteiger partial charge in [-0.3, -0.25) is 4.79 Å². The third-order valence-electron chi connectivity index (χ3n) is 2.47. The van der Waals surface area contributed by atoms with E-state index in [1.165, 1.54) is 17.6 Å². The maximum atomic E-state index is 10.7. The minimum absolute atomic E-state index is 0.0988. The minimum atomic E-state index is 0.0988. The number of carbonyl (C=O) groups excluding carboxylic acids is 1. The molecule has 0 aliphatic heterocycles. The number of allylic oxidation sites excluding steroid dienone is 6. The van der Waals surface area contributed by atoms with Gasteiger partial charge < -0.3 is 0 Å². The van der Waals surface area contributed by atoms with E-state index in [4.69, 9.17) is 0 Å². The molecule has 0 aliphatic carbocycles. The largest absolute Gasteiger partial charge is 0.295 e. The Balaban J connectivity index is 3.99. The summed E-state index contributed by atoms with van der Waals surface area (Å²) in [5.74, 6) is 0.836. The van der Waals surface area contributed by atoms with Crippen molar-refractivity contribution in [3.8, 4) is 0 Å². The van der Waals surface area contributed by atoms with E-state index in [1.54, 1.807) is 13.0 Å². The molecule has 0 saturated carbocycles. The Morgan fingerprint density at radius 2 is 1.76 bits per heavy atom. The van der Waals surface area contributed by atoms with Crippen molar-refractivity contribution in [2.45, 2.75) is 53.9 Å². The Hall–Kier alpha value is -1.11. The maximum Gasteiger partial charge on any atom is 0.152 e. The van der Waals surface area contributed by atoms with Crippen LogP contribution in [0.5, 0.6) is 0 Å². The van der Waals surface area contributed by atoms with Crippen molar-refractivity contribution in [1.82, 2.24) is 0 Å². The Morgan fingerprint density at radius 1 is 1.12 bits per heavy atom. The zero-order chi connectivity index (χ0) is 13.3. The maximum absolute atomic E-state index is 10.7. The highest BCUT2D eigenvalue weighted by Gasteiger charge is 1.95. The van der Waals surface area contributed by atoms with Crippen LogP contribution in [0.25, 0.3) is 0 Å². The molecular formula is C16H26O. The molecule has 0 rings (SSSR count). The number of hydrogen-bond acceptors (Lipinski definition) is 1. The summed E-state index contributed by atoms with van der Waals surface area (Å²) in [7, 11) is 0. The molecule has 0 saturated heterocycles. The number of ketones is 1. The molecule has 0 bridgehead atoms. The first kappa shape index (κ1) is 15.9. The summed E-state index contributed by atoms with van der Waals surface area (Å²) in [6, 6.07) is 0. The molecule has 0 unspecified atom stereocenters. The summed E-state index contributed by atoms with van der Waals surface area (Å²) in [5, 5.41) is 0. The van der Waals surface area contributed by atoms with Gasteiger partial charge in [0.25, 0.3) is 0 Å². The zero-order valence-electron chi connectivity index (χ0n) is 11.9. The van der Waals surface area contributed by atoms with Crippen molar-refractivity contribution >= 4 is 5.78 Å². The molecule has 0 radical (unpaired) electrons. The summed E-state index contributed by atoms with van der Waals surface area (Å²) in [5.41, 5.74) is 2.79. The number of hydrogen-bond donors (Lipinski definition) is 0. The molecule has 0 amide bonds. The quantitative estimate of drug-likeness (QED) is 0.349. The van der Waals surface area contributed by atoms with E-state index in [2.05, 4.69) is 33.8 Å². The zero-order valence-corrected chi connectivity index (χ0v) is 11.9. The van der Waals surface area contributed by atoms with Crippen LogP contribution >= 0.6 is 0 Å². The van der Waals surface area contributed by atoms with E-state index >= 15 is 0 Å². The SMILES string of the molecule is CC(=O)/C=C/C=C(\C)CC/C=C(\C)CC(C)C. The molecule has 0 heterocycles. The lowest BCUT2D eigenvalue weighted by atomic mass is 10.0. The molecule has 0 aromatic heterocycles. The van der Waals surface area contributed by atoms with Gasteiger partial charge in [-0.2, -0.15) is 0 Å². The van der Waals surface area contributed by atoms with Gasteiger partial charge in [-0.25, -0.2) is 0 Å². The summed E-state index contributed by atoms with van der Waals surface area (Å²) < 4.78 is 0. The molecule has 0 aliphatic rings. The highest BCUT2D eigenvalue weighted by atomic mass is 16.1. The third-order valence-corrected chi connectivity index (χ3v) is 2.47. The third kappa shape index (κ3) is 11.2. The van der Waals surface area contributed by atoms with Crippen LogP contribution in [0.2, 0.25) is 0 Å². The predicted octanol–water partition coefficient (Wildman–Crippen LogP) is 4.85. The lowest BCUT2D eigenvalue weighted by molar-refractivity contribution is -0.112. The average molecular weight is 234 g/mol. The molecule has 0 aromatic carbocycles. The fraction of sp³-hybridized carbons (Fsp3) is 0.562. The topological polar surface area (TPSA) is 17.1 Å². The van der Waals surface area contributed by atoms with Gasteiger partial charge in [0.1, 0.15) is 0 Å². The van der Waals surface area contributed by atoms with Crippen LogP contribution in [0.15, 0.2) is 35.5 Å². The molecule has 0 fully saturated rings. The van der Waals surface area contributed by atoms with Crippen molar-refractivity contribution in [1.29, 1.82) is 0 Å². The highest BCUT2D eigenvalue weighted by molar-refractivity contribution is 5.87. The predicted molar refractivity (Wildman–Crippen MR) is 76.0 cm³/mol. The first-order chi connectivity index (χ1) is 7.91. The molecule has 96 valence electrons. The van der Waals surface area contributed by atoms with Crippen molar-refractivity contribution in [2.24, 2.45) is 5.92 Å². The van der Waals surface area contributed by atoms with Gasteiger partial charge >= 0.3 is 0 Å². The van der Waals surface area contributed by atoms with E-state index in [9.17, 15) is 4.79 Å². The van der Waals surface area contributed by atoms with E-state index in [0.29, 0.717) is 0 Å². The van der Waals surface area contributed by atoms with Crippen molar-refractivity contribution in [2.75, 3.05) is 0 Å². The monoisotopic (exact) mass is 234 g/mol. The van der Waals surface area contributed by atoms with Gasteiger partial charge in [0.2, 0.25) is 0 Å². The van der Waals surface area contributed by atoms with E-state index < -0.39 is 0 Å². The van der Waals surface area contributed by atoms with Crippen molar-refractivity contribution < 1.29 is 4.79 Å². The molecule has 0 aromatic rings. The van der Waals surface area contributed by atoms with E-state index in [1.807, 2.05) is 12.2 Å². The highest BCUT2D eigenvalue weighted by Crippen LogP contribution is 2.12. The second-order valence-electron chi connectivity index (χ2n) is 5.17. The average Bonchev–Trinajstić information content (AvgIpc) is 2.15. The van der Waals surface area contributed by atoms with Gasteiger partial charge in [0, 0.05) is 0 Å². The lowest BCUT2D eigenvalue weighted by Crippen LogP contribution is -1.88. The Morgan fingerprint density at radius 3 is 2.29 bits per heavy atom. The Bertz CT molecular complexity index is 316. The van der Waals surface area contributed by atoms with Crippen molar-refractivity contribution in [3.63, 3.8) is 0 Å². The van der Waals surface area contributed by atoms with E-state index in [-0.39, 0.29) is 5.78 Å². The lowest BCUT2D eigenvalue weighted by Gasteiger charge is -2.04. The summed E-state index contributed by atoms with van der Waals surface area (Å²) in [6.07, 6.45) is 11.1. The van der Waals surface area contributed by atoms with Crippen molar-refractivity contribution in [3.05, 3.63) is 35.5 Å². The van der Waals surface area contributed by atoms with Gasteiger partial charge in [-0.05, 0) is 52.0 Å². The van der Waals surface area contributed by atoms with Gasteiger partial charge in [-0.1, -0.05) is 43.2 Å². The number of carbonyl (C=O) groups is 1. The standard InChI is InChI=1S/C16H26O/c1-13(2)12-15(4)10-6-8-14(3)9-7-11-16(5)17/h7,9-11,13H,6,8,12H2,1-5H3/b11-7+,14-9+,15-10+. The normalized spacial score (nSPS) is 13.8. The Labute approximate surface area is 106 Å². The van der Waals surface area contributed by atoms with Crippen LogP contribution in [-0.4, -0.2) is 5.78 Å². The fourth-order valence-corrected chi connectivity index (χ4v) is 1.70. The number of rotatable bonds is 7. The fourth-order valence-electron chi connectivity index (χ4n) is 1.70. The molecule has 0 N–H and O–H groups in total. The van der Waals surface area contributed by atoms with Gasteiger partial charge in [-0.15, -0.1) is 0 Å². The Kier molecular flexibility index (Phi) is 8.39. The minimum Gasteiger partial charge on any atom is -0.295 e. The molecule has 17 heavy (non-hydrogen) atoms. The summed E-state index contributed by atoms with van der Waals surface area (Å²) in [4.78, 5) is 10.7. The smallest absolute Gasteiger partial charge is 0.152 e. The van der Waals surface area contributed by atoms with E-state index in [0.717, 1.165) is 18.8 Å². The first-order valence-corrected chi connectivity index (χ1v) is 6.42.